The molecule has 0 unspecified atom stereocenters. The van der Waals surface area contributed by atoms with E-state index in [2.05, 4.69) is 20.4 Å². The molecule has 0 saturated carbocycles. The van der Waals surface area contributed by atoms with Crippen molar-refractivity contribution in [2.24, 2.45) is 0 Å². The van der Waals surface area contributed by atoms with E-state index >= 15 is 0 Å². The predicted molar refractivity (Wildman–Crippen MR) is 64.6 cm³/mol. The Morgan fingerprint density at radius 2 is 1.19 bits per heavy atom. The van der Waals surface area contributed by atoms with Crippen molar-refractivity contribution in [2.45, 2.75) is 6.10 Å². The number of nitrogens with one attached hydrogen (secondary N) is 2. The number of hydrogen-bond acceptors (Lipinski definition) is 5. The van der Waals surface area contributed by atoms with Crippen molar-refractivity contribution in [3.63, 3.8) is 0 Å². The van der Waals surface area contributed by atoms with Crippen molar-refractivity contribution < 1.29 is 5.11 Å². The third kappa shape index (κ3) is 3.99. The molecule has 0 amide bonds. The first-order valence-electron chi connectivity index (χ1n) is 6.39. The second kappa shape index (κ2) is 6.51. The van der Waals surface area contributed by atoms with Crippen LogP contribution >= 0.6 is 0 Å². The molecule has 2 rings (SSSR count). The molecule has 0 spiro atoms. The van der Waals surface area contributed by atoms with Gasteiger partial charge in [0.25, 0.3) is 0 Å². The number of nitrogens with zero attached hydrogens (tertiary/aromatic N) is 2. The minimum Gasteiger partial charge on any atom is -0.390 e. The average Bonchev–Trinajstić information content (AvgIpc) is 2.31. The molecule has 16 heavy (non-hydrogen) atoms. The molecular weight excluding hydrogens is 204 g/mol. The highest BCUT2D eigenvalue weighted by Gasteiger charge is 2.17. The molecule has 2 aliphatic rings. The number of aliphatic hydroxyl groups is 1. The largest absolute Gasteiger partial charge is 0.390 e. The van der Waals surface area contributed by atoms with Gasteiger partial charge >= 0.3 is 0 Å². The molecule has 0 aliphatic carbocycles. The lowest BCUT2D eigenvalue weighted by atomic mass is 10.2. The van der Waals surface area contributed by atoms with Crippen LogP contribution in [0.4, 0.5) is 0 Å². The van der Waals surface area contributed by atoms with Gasteiger partial charge in [-0.2, -0.15) is 0 Å². The third-order valence-corrected chi connectivity index (χ3v) is 3.36. The monoisotopic (exact) mass is 228 g/mol. The first-order chi connectivity index (χ1) is 7.84. The van der Waals surface area contributed by atoms with E-state index in [4.69, 9.17) is 0 Å². The van der Waals surface area contributed by atoms with Crippen molar-refractivity contribution in [2.75, 3.05) is 65.4 Å². The normalized spacial score (nSPS) is 25.1. The van der Waals surface area contributed by atoms with Crippen LogP contribution in [0.15, 0.2) is 0 Å². The summed E-state index contributed by atoms with van der Waals surface area (Å²) in [5, 5.41) is 16.7. The fourth-order valence-corrected chi connectivity index (χ4v) is 2.44. The molecule has 5 heteroatoms. The second-order valence-electron chi connectivity index (χ2n) is 4.76. The summed E-state index contributed by atoms with van der Waals surface area (Å²) in [6.45, 7) is 10.1. The lowest BCUT2D eigenvalue weighted by Gasteiger charge is -2.33. The molecule has 2 saturated heterocycles. The third-order valence-electron chi connectivity index (χ3n) is 3.36. The zero-order chi connectivity index (χ0) is 11.2. The van der Waals surface area contributed by atoms with E-state index in [9.17, 15) is 5.11 Å². The standard InChI is InChI=1S/C11H24N4O/c16-11(9-14-5-1-12-2-6-14)10-15-7-3-13-4-8-15/h11-13,16H,1-10H2. The molecule has 0 radical (unpaired) electrons. The van der Waals surface area contributed by atoms with Crippen molar-refractivity contribution in [1.29, 1.82) is 0 Å². The molecule has 3 N–H and O–H groups in total. The molecule has 2 fully saturated rings. The van der Waals surface area contributed by atoms with Crippen molar-refractivity contribution in [1.82, 2.24) is 20.4 Å². The Balaban J connectivity index is 1.64. The zero-order valence-electron chi connectivity index (χ0n) is 9.99. The Bertz CT molecular complexity index is 170. The summed E-state index contributed by atoms with van der Waals surface area (Å²) in [5.74, 6) is 0. The van der Waals surface area contributed by atoms with Crippen molar-refractivity contribution >= 4 is 0 Å². The van der Waals surface area contributed by atoms with Gasteiger partial charge in [-0.15, -0.1) is 0 Å². The highest BCUT2D eigenvalue weighted by molar-refractivity contribution is 4.75. The summed E-state index contributed by atoms with van der Waals surface area (Å²) >= 11 is 0. The van der Waals surface area contributed by atoms with Gasteiger partial charge in [0, 0.05) is 65.4 Å². The summed E-state index contributed by atoms with van der Waals surface area (Å²) < 4.78 is 0. The summed E-state index contributed by atoms with van der Waals surface area (Å²) in [6.07, 6.45) is -0.198. The molecule has 2 heterocycles. The molecular formula is C11H24N4O. The molecule has 94 valence electrons. The van der Waals surface area contributed by atoms with Gasteiger partial charge in [-0.05, 0) is 0 Å². The van der Waals surface area contributed by atoms with Crippen LogP contribution in [0.3, 0.4) is 0 Å². The van der Waals surface area contributed by atoms with E-state index < -0.39 is 0 Å². The van der Waals surface area contributed by atoms with Gasteiger partial charge in [-0.3, -0.25) is 9.80 Å². The minimum atomic E-state index is -0.198. The van der Waals surface area contributed by atoms with Crippen molar-refractivity contribution in [3.05, 3.63) is 0 Å². The van der Waals surface area contributed by atoms with Gasteiger partial charge in [-0.25, -0.2) is 0 Å². The van der Waals surface area contributed by atoms with Gasteiger partial charge in [0.2, 0.25) is 0 Å². The van der Waals surface area contributed by atoms with Gasteiger partial charge in [-0.1, -0.05) is 0 Å². The van der Waals surface area contributed by atoms with E-state index in [-0.39, 0.29) is 6.10 Å². The van der Waals surface area contributed by atoms with E-state index in [1.54, 1.807) is 0 Å². The fourth-order valence-electron chi connectivity index (χ4n) is 2.44. The zero-order valence-corrected chi connectivity index (χ0v) is 9.99. The van der Waals surface area contributed by atoms with Crippen LogP contribution in [0.25, 0.3) is 0 Å². The van der Waals surface area contributed by atoms with Crippen LogP contribution in [0.5, 0.6) is 0 Å². The first-order valence-corrected chi connectivity index (χ1v) is 6.39. The Labute approximate surface area is 97.8 Å². The average molecular weight is 228 g/mol. The maximum atomic E-state index is 10.0. The van der Waals surface area contributed by atoms with Gasteiger partial charge in [0.15, 0.2) is 0 Å². The quantitative estimate of drug-likeness (QED) is 0.528. The van der Waals surface area contributed by atoms with Crippen LogP contribution in [-0.2, 0) is 0 Å². The molecule has 0 aromatic carbocycles. The maximum absolute atomic E-state index is 10.0. The molecule has 0 aromatic rings. The van der Waals surface area contributed by atoms with Gasteiger partial charge in [0.05, 0.1) is 6.10 Å². The number of piperazine rings is 2. The highest BCUT2D eigenvalue weighted by Crippen LogP contribution is 1.99. The molecule has 5 nitrogen and oxygen atoms in total. The topological polar surface area (TPSA) is 50.8 Å². The van der Waals surface area contributed by atoms with Crippen LogP contribution in [0.2, 0.25) is 0 Å². The summed E-state index contributed by atoms with van der Waals surface area (Å²) in [4.78, 5) is 4.70. The van der Waals surface area contributed by atoms with Crippen LogP contribution in [0.1, 0.15) is 0 Å². The number of hydrogen-bond donors (Lipinski definition) is 3. The smallest absolute Gasteiger partial charge is 0.0793 e. The van der Waals surface area contributed by atoms with E-state index in [0.717, 1.165) is 65.4 Å². The first kappa shape index (κ1) is 12.3. The van der Waals surface area contributed by atoms with Crippen molar-refractivity contribution in [3.8, 4) is 0 Å². The highest BCUT2D eigenvalue weighted by atomic mass is 16.3. The van der Waals surface area contributed by atoms with Crippen LogP contribution in [0, 0.1) is 0 Å². The molecule has 0 bridgehead atoms. The Morgan fingerprint density at radius 1 is 0.812 bits per heavy atom. The van der Waals surface area contributed by atoms with Gasteiger partial charge in [0.1, 0.15) is 0 Å². The lowest BCUT2D eigenvalue weighted by Crippen LogP contribution is -2.50. The summed E-state index contributed by atoms with van der Waals surface area (Å²) in [7, 11) is 0. The second-order valence-corrected chi connectivity index (χ2v) is 4.76. The van der Waals surface area contributed by atoms with E-state index in [1.807, 2.05) is 0 Å². The Kier molecular flexibility index (Phi) is 4.99. The molecule has 0 aromatic heterocycles. The molecule has 2 aliphatic heterocycles. The Hall–Kier alpha value is -0.200. The summed E-state index contributed by atoms with van der Waals surface area (Å²) in [6, 6.07) is 0. The number of β-amino-alcohol motifs (C(OH)–C–C–N with tert-alkyl or cyclic N) is 1. The lowest BCUT2D eigenvalue weighted by molar-refractivity contribution is 0.0655. The SMILES string of the molecule is OC(CN1CCNCC1)CN1CCNCC1. The number of rotatable bonds is 4. The minimum absolute atomic E-state index is 0.198. The number of aliphatic hydroxyl groups excluding tert-OH is 1. The van der Waals surface area contributed by atoms with Crippen LogP contribution in [-0.4, -0.2) is 86.5 Å². The fraction of sp³-hybridized carbons (Fsp3) is 1.00. The Morgan fingerprint density at radius 3 is 1.56 bits per heavy atom. The summed E-state index contributed by atoms with van der Waals surface area (Å²) in [5.41, 5.74) is 0. The van der Waals surface area contributed by atoms with Crippen LogP contribution < -0.4 is 10.6 Å². The van der Waals surface area contributed by atoms with E-state index in [0.29, 0.717) is 0 Å². The van der Waals surface area contributed by atoms with Gasteiger partial charge < -0.3 is 15.7 Å². The predicted octanol–water partition coefficient (Wildman–Crippen LogP) is -1.84. The molecule has 0 atom stereocenters. The maximum Gasteiger partial charge on any atom is 0.0793 e. The van der Waals surface area contributed by atoms with E-state index in [1.165, 1.54) is 0 Å².